The molecule has 3 aromatic rings. The van der Waals surface area contributed by atoms with E-state index in [1.807, 2.05) is 43.3 Å². The van der Waals surface area contributed by atoms with E-state index in [4.69, 9.17) is 4.74 Å². The zero-order chi connectivity index (χ0) is 19.2. The van der Waals surface area contributed by atoms with Crippen molar-refractivity contribution in [2.75, 3.05) is 7.11 Å². The van der Waals surface area contributed by atoms with Crippen molar-refractivity contribution < 1.29 is 9.53 Å². The molecule has 0 aliphatic rings. The number of methoxy groups -OCH3 is 1. The maximum atomic E-state index is 12.5. The van der Waals surface area contributed by atoms with Gasteiger partial charge < -0.3 is 10.1 Å². The van der Waals surface area contributed by atoms with Crippen LogP contribution < -0.4 is 15.6 Å². The van der Waals surface area contributed by atoms with Gasteiger partial charge in [0.1, 0.15) is 5.75 Å². The van der Waals surface area contributed by atoms with Gasteiger partial charge in [-0.1, -0.05) is 31.2 Å². The van der Waals surface area contributed by atoms with Crippen LogP contribution in [-0.2, 0) is 11.3 Å². The lowest BCUT2D eigenvalue weighted by atomic mass is 10.0. The first-order valence-electron chi connectivity index (χ1n) is 9.00. The van der Waals surface area contributed by atoms with Crippen LogP contribution in [0, 0.1) is 0 Å². The van der Waals surface area contributed by atoms with Crippen LogP contribution >= 0.6 is 0 Å². The number of hydrogen-bond acceptors (Lipinski definition) is 4. The number of carbonyl (C=O) groups is 1. The molecule has 0 aliphatic heterocycles. The molecule has 0 saturated carbocycles. The lowest BCUT2D eigenvalue weighted by Gasteiger charge is -2.18. The minimum atomic E-state index is -0.129. The number of hydrogen-bond donors (Lipinski definition) is 1. The molecule has 1 atom stereocenters. The Balaban J connectivity index is 1.64. The molecule has 1 N–H and O–H groups in total. The molecule has 0 radical (unpaired) electrons. The van der Waals surface area contributed by atoms with Crippen LogP contribution in [0.15, 0.2) is 59.7 Å². The lowest BCUT2D eigenvalue weighted by Crippen LogP contribution is -2.30. The molecule has 0 bridgehead atoms. The fourth-order valence-electron chi connectivity index (χ4n) is 3.01. The van der Waals surface area contributed by atoms with E-state index < -0.39 is 0 Å². The van der Waals surface area contributed by atoms with Crippen molar-refractivity contribution in [3.05, 3.63) is 70.8 Å². The van der Waals surface area contributed by atoms with E-state index in [0.29, 0.717) is 17.4 Å². The van der Waals surface area contributed by atoms with E-state index in [1.54, 1.807) is 19.2 Å². The second kappa shape index (κ2) is 8.49. The Bertz CT molecular complexity index is 980. The molecule has 0 spiro atoms. The summed E-state index contributed by atoms with van der Waals surface area (Å²) in [5.74, 6) is 0.681. The quantitative estimate of drug-likeness (QED) is 0.698. The van der Waals surface area contributed by atoms with E-state index in [-0.39, 0.29) is 23.9 Å². The minimum absolute atomic E-state index is 0.0742. The average molecular weight is 365 g/mol. The van der Waals surface area contributed by atoms with E-state index >= 15 is 0 Å². The Morgan fingerprint density at radius 2 is 1.93 bits per heavy atom. The fraction of sp³-hybridized carbons (Fsp3) is 0.286. The molecule has 140 valence electrons. The van der Waals surface area contributed by atoms with Crippen molar-refractivity contribution in [3.63, 3.8) is 0 Å². The van der Waals surface area contributed by atoms with Gasteiger partial charge in [0, 0.05) is 13.0 Å². The molecular formula is C21H23N3O3. The van der Waals surface area contributed by atoms with Gasteiger partial charge in [-0.25, -0.2) is 4.98 Å². The maximum absolute atomic E-state index is 12.5. The van der Waals surface area contributed by atoms with Gasteiger partial charge in [0.2, 0.25) is 5.91 Å². The van der Waals surface area contributed by atoms with E-state index in [9.17, 15) is 9.59 Å². The summed E-state index contributed by atoms with van der Waals surface area (Å²) in [5.41, 5.74) is 1.56. The first-order chi connectivity index (χ1) is 13.1. The SMILES string of the molecule is CC[C@@H](NC(=O)CCn1cnc2ccccc2c1=O)c1ccc(OC)cc1. The van der Waals surface area contributed by atoms with Crippen LogP contribution in [-0.4, -0.2) is 22.6 Å². The summed E-state index contributed by atoms with van der Waals surface area (Å²) >= 11 is 0. The molecule has 3 rings (SSSR count). The topological polar surface area (TPSA) is 73.2 Å². The molecule has 0 fully saturated rings. The summed E-state index contributed by atoms with van der Waals surface area (Å²) < 4.78 is 6.65. The largest absolute Gasteiger partial charge is 0.497 e. The number of nitrogens with zero attached hydrogens (tertiary/aromatic N) is 2. The Kier molecular flexibility index (Phi) is 5.86. The predicted octanol–water partition coefficient (Wildman–Crippen LogP) is 3.06. The molecule has 0 saturated heterocycles. The van der Waals surface area contributed by atoms with Gasteiger partial charge in [0.05, 0.1) is 30.4 Å². The molecule has 2 aromatic carbocycles. The second-order valence-corrected chi connectivity index (χ2v) is 6.31. The number of carbonyl (C=O) groups excluding carboxylic acids is 1. The Hall–Kier alpha value is -3.15. The van der Waals surface area contributed by atoms with Gasteiger partial charge in [-0.05, 0) is 36.2 Å². The van der Waals surface area contributed by atoms with Crippen LogP contribution in [0.2, 0.25) is 0 Å². The number of ether oxygens (including phenoxy) is 1. The van der Waals surface area contributed by atoms with Gasteiger partial charge in [0.15, 0.2) is 0 Å². The van der Waals surface area contributed by atoms with Crippen molar-refractivity contribution in [3.8, 4) is 5.75 Å². The zero-order valence-corrected chi connectivity index (χ0v) is 15.5. The van der Waals surface area contributed by atoms with Crippen molar-refractivity contribution >= 4 is 16.8 Å². The summed E-state index contributed by atoms with van der Waals surface area (Å²) in [6, 6.07) is 14.8. The van der Waals surface area contributed by atoms with Crippen molar-refractivity contribution in [2.45, 2.75) is 32.4 Å². The number of benzene rings is 2. The average Bonchev–Trinajstić information content (AvgIpc) is 2.72. The van der Waals surface area contributed by atoms with Gasteiger partial charge >= 0.3 is 0 Å². The van der Waals surface area contributed by atoms with Crippen molar-refractivity contribution in [1.29, 1.82) is 0 Å². The zero-order valence-electron chi connectivity index (χ0n) is 15.5. The minimum Gasteiger partial charge on any atom is -0.497 e. The molecule has 1 heterocycles. The third kappa shape index (κ3) is 4.34. The third-order valence-electron chi connectivity index (χ3n) is 4.57. The number of rotatable bonds is 7. The first-order valence-corrected chi connectivity index (χ1v) is 9.00. The van der Waals surface area contributed by atoms with Crippen LogP contribution in [0.25, 0.3) is 10.9 Å². The highest BCUT2D eigenvalue weighted by atomic mass is 16.5. The molecular weight excluding hydrogens is 342 g/mol. The molecule has 27 heavy (non-hydrogen) atoms. The van der Waals surface area contributed by atoms with Crippen LogP contribution in [0.4, 0.5) is 0 Å². The number of fused-ring (bicyclic) bond motifs is 1. The summed E-state index contributed by atoms with van der Waals surface area (Å²) in [7, 11) is 1.62. The second-order valence-electron chi connectivity index (χ2n) is 6.31. The van der Waals surface area contributed by atoms with E-state index in [0.717, 1.165) is 17.7 Å². The summed E-state index contributed by atoms with van der Waals surface area (Å²) in [5, 5.41) is 3.59. The van der Waals surface area contributed by atoms with Gasteiger partial charge in [-0.15, -0.1) is 0 Å². The number of para-hydroxylation sites is 1. The maximum Gasteiger partial charge on any atom is 0.261 e. The normalized spacial score (nSPS) is 11.9. The third-order valence-corrected chi connectivity index (χ3v) is 4.57. The van der Waals surface area contributed by atoms with Crippen LogP contribution in [0.5, 0.6) is 5.75 Å². The van der Waals surface area contributed by atoms with Gasteiger partial charge in [-0.2, -0.15) is 0 Å². The number of aromatic nitrogens is 2. The van der Waals surface area contributed by atoms with Crippen LogP contribution in [0.1, 0.15) is 31.4 Å². The lowest BCUT2D eigenvalue weighted by molar-refractivity contribution is -0.122. The van der Waals surface area contributed by atoms with Crippen molar-refractivity contribution in [1.82, 2.24) is 14.9 Å². The van der Waals surface area contributed by atoms with Crippen LogP contribution in [0.3, 0.4) is 0 Å². The van der Waals surface area contributed by atoms with Gasteiger partial charge in [-0.3, -0.25) is 14.2 Å². The molecule has 0 aliphatic carbocycles. The monoisotopic (exact) mass is 365 g/mol. The standard InChI is InChI=1S/C21H23N3O3/c1-3-18(15-8-10-16(27-2)11-9-15)23-20(25)12-13-24-14-22-19-7-5-4-6-17(19)21(24)26/h4-11,14,18H,3,12-13H2,1-2H3,(H,23,25)/t18-/m1/s1. The fourth-order valence-corrected chi connectivity index (χ4v) is 3.01. The Morgan fingerprint density at radius 3 is 2.63 bits per heavy atom. The molecule has 0 unspecified atom stereocenters. The predicted molar refractivity (Wildman–Crippen MR) is 105 cm³/mol. The first kappa shape index (κ1) is 18.6. The summed E-state index contributed by atoms with van der Waals surface area (Å²) in [4.78, 5) is 29.1. The molecule has 6 heteroatoms. The Labute approximate surface area is 157 Å². The van der Waals surface area contributed by atoms with E-state index in [2.05, 4.69) is 10.3 Å². The molecule has 1 aromatic heterocycles. The highest BCUT2D eigenvalue weighted by molar-refractivity contribution is 5.77. The molecule has 6 nitrogen and oxygen atoms in total. The number of aryl methyl sites for hydroxylation is 1. The highest BCUT2D eigenvalue weighted by Crippen LogP contribution is 2.20. The van der Waals surface area contributed by atoms with Gasteiger partial charge in [0.25, 0.3) is 5.56 Å². The highest BCUT2D eigenvalue weighted by Gasteiger charge is 2.13. The van der Waals surface area contributed by atoms with E-state index in [1.165, 1.54) is 10.9 Å². The summed E-state index contributed by atoms with van der Waals surface area (Å²) in [6.45, 7) is 2.31. The smallest absolute Gasteiger partial charge is 0.261 e. The summed E-state index contributed by atoms with van der Waals surface area (Å²) in [6.07, 6.45) is 2.49. The molecule has 1 amide bonds. The number of amides is 1. The Morgan fingerprint density at radius 1 is 1.19 bits per heavy atom. The van der Waals surface area contributed by atoms with Crippen molar-refractivity contribution in [2.24, 2.45) is 0 Å². The number of nitrogens with one attached hydrogen (secondary N) is 1.